The van der Waals surface area contributed by atoms with Gasteiger partial charge in [0.25, 0.3) is 0 Å². The van der Waals surface area contributed by atoms with E-state index < -0.39 is 7.14 Å². The Bertz CT molecular complexity index is 1000. The lowest BCUT2D eigenvalue weighted by molar-refractivity contribution is 0.216. The molecule has 0 N–H and O–H groups in total. The summed E-state index contributed by atoms with van der Waals surface area (Å²) in [7, 11) is -2.06. The third-order valence-corrected chi connectivity index (χ3v) is 8.50. The Hall–Kier alpha value is -1.80. The molecule has 35 heavy (non-hydrogen) atoms. The number of hydrogen-bond donors (Lipinski definition) is 0. The number of benzene rings is 1. The van der Waals surface area contributed by atoms with Crippen LogP contribution in [-0.2, 0) is 11.0 Å². The molecule has 0 bridgehead atoms. The number of aryl methyl sites for hydroxylation is 2. The number of hydrogen-bond acceptors (Lipinski definition) is 4. The summed E-state index contributed by atoms with van der Waals surface area (Å²) in [6.07, 6.45) is 8.46. The standard InChI is InChI=1S/C30H47N2O2P/c1-23-10-11-26(9-8-15-30(3,4)5)28(19-23)32-17-13-25(14-18-32)21-34-29-20-27(12-16-31-29)24(2)22-35(6,7)33/h10-12,16,19-20,24-25H,8-9,13-15,17-18,21-22H2,1-7H3/t24-/m1/s1. The lowest BCUT2D eigenvalue weighted by Gasteiger charge is -2.35. The zero-order chi connectivity index (χ0) is 25.6. The summed E-state index contributed by atoms with van der Waals surface area (Å²) < 4.78 is 18.4. The predicted octanol–water partition coefficient (Wildman–Crippen LogP) is 7.78. The Balaban J connectivity index is 1.53. The van der Waals surface area contributed by atoms with Crippen LogP contribution in [0, 0.1) is 18.3 Å². The summed E-state index contributed by atoms with van der Waals surface area (Å²) >= 11 is 0. The number of nitrogens with zero attached hydrogens (tertiary/aromatic N) is 2. The van der Waals surface area contributed by atoms with Crippen molar-refractivity contribution in [2.24, 2.45) is 11.3 Å². The minimum absolute atomic E-state index is 0.247. The SMILES string of the molecule is Cc1ccc(CCCC(C)(C)C)c(N2CCC(COc3cc([C@H](C)CP(C)(C)=O)ccn3)CC2)c1. The summed E-state index contributed by atoms with van der Waals surface area (Å²) in [5, 5.41) is 0. The molecule has 0 spiro atoms. The molecule has 1 atom stereocenters. The second-order valence-corrected chi connectivity index (χ2v) is 15.9. The van der Waals surface area contributed by atoms with Gasteiger partial charge in [0.05, 0.1) is 13.7 Å². The third-order valence-electron chi connectivity index (χ3n) is 7.08. The minimum Gasteiger partial charge on any atom is -0.477 e. The Morgan fingerprint density at radius 1 is 1.14 bits per heavy atom. The fourth-order valence-electron chi connectivity index (χ4n) is 5.11. The Morgan fingerprint density at radius 3 is 2.51 bits per heavy atom. The third kappa shape index (κ3) is 9.30. The van der Waals surface area contributed by atoms with E-state index in [1.807, 2.05) is 31.7 Å². The monoisotopic (exact) mass is 498 g/mol. The number of aromatic nitrogens is 1. The molecular formula is C30H47N2O2P. The zero-order valence-corrected chi connectivity index (χ0v) is 24.0. The average molecular weight is 499 g/mol. The Kier molecular flexibility index (Phi) is 9.49. The lowest BCUT2D eigenvalue weighted by Crippen LogP contribution is -2.36. The molecular weight excluding hydrogens is 451 g/mol. The average Bonchev–Trinajstić information content (AvgIpc) is 2.77. The topological polar surface area (TPSA) is 42.4 Å². The van der Waals surface area contributed by atoms with E-state index in [0.717, 1.165) is 37.9 Å². The minimum atomic E-state index is -2.06. The van der Waals surface area contributed by atoms with Gasteiger partial charge < -0.3 is 14.2 Å². The maximum Gasteiger partial charge on any atom is 0.213 e. The summed E-state index contributed by atoms with van der Waals surface area (Å²) in [5.41, 5.74) is 5.82. The molecule has 0 aliphatic carbocycles. The fourth-order valence-corrected chi connectivity index (χ4v) is 6.64. The largest absolute Gasteiger partial charge is 0.477 e. The van der Waals surface area contributed by atoms with E-state index in [1.165, 1.54) is 29.7 Å². The molecule has 0 radical (unpaired) electrons. The van der Waals surface area contributed by atoms with Gasteiger partial charge in [-0.3, -0.25) is 0 Å². The first-order valence-electron chi connectivity index (χ1n) is 13.4. The molecule has 0 amide bonds. The van der Waals surface area contributed by atoms with E-state index in [2.05, 4.69) is 62.7 Å². The molecule has 4 nitrogen and oxygen atoms in total. The van der Waals surface area contributed by atoms with Gasteiger partial charge in [-0.1, -0.05) is 39.8 Å². The van der Waals surface area contributed by atoms with Crippen molar-refractivity contribution in [3.05, 3.63) is 53.2 Å². The van der Waals surface area contributed by atoms with Crippen molar-refractivity contribution in [2.75, 3.05) is 44.1 Å². The van der Waals surface area contributed by atoms with Crippen molar-refractivity contribution in [3.8, 4) is 5.88 Å². The highest BCUT2D eigenvalue weighted by Gasteiger charge is 2.23. The van der Waals surface area contributed by atoms with E-state index in [0.29, 0.717) is 30.0 Å². The maximum absolute atomic E-state index is 12.2. The van der Waals surface area contributed by atoms with Crippen molar-refractivity contribution in [3.63, 3.8) is 0 Å². The zero-order valence-electron chi connectivity index (χ0n) is 23.1. The summed E-state index contributed by atoms with van der Waals surface area (Å²) in [4.78, 5) is 7.02. The fraction of sp³-hybridized carbons (Fsp3) is 0.633. The van der Waals surface area contributed by atoms with Crippen LogP contribution in [0.4, 0.5) is 5.69 Å². The van der Waals surface area contributed by atoms with Crippen molar-refractivity contribution in [1.29, 1.82) is 0 Å². The van der Waals surface area contributed by atoms with Crippen LogP contribution in [0.2, 0.25) is 0 Å². The van der Waals surface area contributed by atoms with E-state index in [-0.39, 0.29) is 5.92 Å². The summed E-state index contributed by atoms with van der Waals surface area (Å²) in [6, 6.07) is 11.0. The quantitative estimate of drug-likeness (QED) is 0.314. The molecule has 194 valence electrons. The molecule has 5 heteroatoms. The van der Waals surface area contributed by atoms with E-state index >= 15 is 0 Å². The van der Waals surface area contributed by atoms with Crippen molar-refractivity contribution < 1.29 is 9.30 Å². The highest BCUT2D eigenvalue weighted by Crippen LogP contribution is 2.41. The number of ether oxygens (including phenoxy) is 1. The molecule has 1 aromatic heterocycles. The van der Waals surface area contributed by atoms with Crippen molar-refractivity contribution in [2.45, 2.75) is 72.6 Å². The van der Waals surface area contributed by atoms with Crippen LogP contribution in [0.1, 0.15) is 76.0 Å². The first-order valence-corrected chi connectivity index (χ1v) is 16.2. The van der Waals surface area contributed by atoms with E-state index in [4.69, 9.17) is 4.74 Å². The highest BCUT2D eigenvalue weighted by molar-refractivity contribution is 7.62. The molecule has 1 aliphatic heterocycles. The van der Waals surface area contributed by atoms with Crippen LogP contribution in [0.3, 0.4) is 0 Å². The van der Waals surface area contributed by atoms with Crippen LogP contribution in [-0.4, -0.2) is 44.2 Å². The van der Waals surface area contributed by atoms with Gasteiger partial charge in [-0.15, -0.1) is 0 Å². The summed E-state index contributed by atoms with van der Waals surface area (Å²) in [5.74, 6) is 1.49. The molecule has 1 saturated heterocycles. The van der Waals surface area contributed by atoms with Crippen LogP contribution in [0.5, 0.6) is 5.88 Å². The van der Waals surface area contributed by atoms with Gasteiger partial charge in [0.2, 0.25) is 5.88 Å². The molecule has 1 aliphatic rings. The van der Waals surface area contributed by atoms with Gasteiger partial charge in [-0.2, -0.15) is 0 Å². The molecule has 1 fully saturated rings. The van der Waals surface area contributed by atoms with Crippen molar-refractivity contribution >= 4 is 12.8 Å². The van der Waals surface area contributed by atoms with E-state index in [1.54, 1.807) is 0 Å². The number of pyridine rings is 1. The molecule has 0 saturated carbocycles. The van der Waals surface area contributed by atoms with Crippen molar-refractivity contribution in [1.82, 2.24) is 4.98 Å². The van der Waals surface area contributed by atoms with Crippen LogP contribution < -0.4 is 9.64 Å². The van der Waals surface area contributed by atoms with Gasteiger partial charge in [-0.05, 0) is 98.4 Å². The molecule has 0 unspecified atom stereocenters. The second-order valence-electron chi connectivity index (χ2n) is 12.4. The predicted molar refractivity (Wildman–Crippen MR) is 151 cm³/mol. The van der Waals surface area contributed by atoms with Gasteiger partial charge in [0.15, 0.2) is 0 Å². The summed E-state index contributed by atoms with van der Waals surface area (Å²) in [6.45, 7) is 17.9. The second kappa shape index (κ2) is 12.0. The van der Waals surface area contributed by atoms with Gasteiger partial charge >= 0.3 is 0 Å². The molecule has 1 aromatic carbocycles. The Morgan fingerprint density at radius 2 is 1.86 bits per heavy atom. The lowest BCUT2D eigenvalue weighted by atomic mass is 9.88. The normalized spacial score (nSPS) is 16.4. The maximum atomic E-state index is 12.2. The van der Waals surface area contributed by atoms with Crippen LogP contribution in [0.15, 0.2) is 36.5 Å². The Labute approximate surface area is 214 Å². The van der Waals surface area contributed by atoms with Crippen LogP contribution >= 0.6 is 7.14 Å². The number of anilines is 1. The number of rotatable bonds is 10. The first kappa shape index (κ1) is 27.8. The smallest absolute Gasteiger partial charge is 0.213 e. The highest BCUT2D eigenvalue weighted by atomic mass is 31.2. The first-order chi connectivity index (χ1) is 16.4. The number of piperidine rings is 1. The molecule has 3 rings (SSSR count). The van der Waals surface area contributed by atoms with Gasteiger partial charge in [0, 0.05) is 37.2 Å². The van der Waals surface area contributed by atoms with Crippen LogP contribution in [0.25, 0.3) is 0 Å². The molecule has 2 aromatic rings. The van der Waals surface area contributed by atoms with E-state index in [9.17, 15) is 4.57 Å². The van der Waals surface area contributed by atoms with Gasteiger partial charge in [0.1, 0.15) is 0 Å². The van der Waals surface area contributed by atoms with Gasteiger partial charge in [-0.25, -0.2) is 4.98 Å². The molecule has 2 heterocycles.